The van der Waals surface area contributed by atoms with Gasteiger partial charge in [-0.25, -0.2) is 0 Å². The van der Waals surface area contributed by atoms with Gasteiger partial charge in [0.05, 0.1) is 11.5 Å². The Kier molecular flexibility index (Phi) is 3.02. The summed E-state index contributed by atoms with van der Waals surface area (Å²) >= 11 is 0. The molecular weight excluding hydrogens is 288 g/mol. The molecule has 126 valence electrons. The molecule has 23 heavy (non-hydrogen) atoms. The highest BCUT2D eigenvalue weighted by Gasteiger charge is 2.64. The van der Waals surface area contributed by atoms with Crippen LogP contribution in [0.4, 0.5) is 0 Å². The molecule has 0 heterocycles. The Morgan fingerprint density at radius 1 is 1.30 bits per heavy atom. The van der Waals surface area contributed by atoms with Crippen molar-refractivity contribution in [1.29, 1.82) is 0 Å². The molecule has 2 N–H and O–H groups in total. The summed E-state index contributed by atoms with van der Waals surface area (Å²) in [6.45, 7) is 8.37. The third-order valence-electron chi connectivity index (χ3n) is 8.07. The zero-order valence-corrected chi connectivity index (χ0v) is 14.3. The molecule has 0 radical (unpaired) electrons. The van der Waals surface area contributed by atoms with Gasteiger partial charge >= 0.3 is 5.97 Å². The van der Waals surface area contributed by atoms with Crippen molar-refractivity contribution in [3.05, 3.63) is 23.8 Å². The minimum atomic E-state index is -1.03. The van der Waals surface area contributed by atoms with Gasteiger partial charge in [-0.05, 0) is 74.5 Å². The fraction of sp³-hybridized carbons (Fsp3) is 0.750. The average Bonchev–Trinajstić information content (AvgIpc) is 2.73. The van der Waals surface area contributed by atoms with Gasteiger partial charge in [0.2, 0.25) is 0 Å². The van der Waals surface area contributed by atoms with Gasteiger partial charge in [0.1, 0.15) is 0 Å². The van der Waals surface area contributed by atoms with Crippen LogP contribution in [0.2, 0.25) is 0 Å². The van der Waals surface area contributed by atoms with Crippen LogP contribution in [-0.4, -0.2) is 22.3 Å². The molecule has 4 rings (SSSR count). The molecule has 1 spiro atoms. The molecule has 0 saturated heterocycles. The first kappa shape index (κ1) is 15.4. The zero-order valence-electron chi connectivity index (χ0n) is 14.3. The third-order valence-corrected chi connectivity index (χ3v) is 8.07. The molecule has 0 aromatic rings. The van der Waals surface area contributed by atoms with Crippen LogP contribution in [0.3, 0.4) is 0 Å². The highest BCUT2D eigenvalue weighted by molar-refractivity contribution is 5.76. The summed E-state index contributed by atoms with van der Waals surface area (Å²) in [6, 6.07) is 0. The SMILES string of the molecule is C=C1CC23CCC4C(C)(CCC(O)C4(C)C(=O)O)C2=CCC1C3. The van der Waals surface area contributed by atoms with E-state index in [1.54, 1.807) is 6.92 Å². The molecule has 0 aliphatic heterocycles. The van der Waals surface area contributed by atoms with Gasteiger partial charge in [-0.1, -0.05) is 30.7 Å². The molecule has 4 aliphatic carbocycles. The largest absolute Gasteiger partial charge is 0.481 e. The Morgan fingerprint density at radius 3 is 2.74 bits per heavy atom. The van der Waals surface area contributed by atoms with Crippen LogP contribution in [-0.2, 0) is 4.79 Å². The van der Waals surface area contributed by atoms with Crippen LogP contribution >= 0.6 is 0 Å². The van der Waals surface area contributed by atoms with E-state index in [0.717, 1.165) is 32.1 Å². The summed E-state index contributed by atoms with van der Waals surface area (Å²) in [5.41, 5.74) is 2.04. The first-order valence-electron chi connectivity index (χ1n) is 9.04. The van der Waals surface area contributed by atoms with Gasteiger partial charge < -0.3 is 10.2 Å². The molecule has 6 atom stereocenters. The van der Waals surface area contributed by atoms with E-state index >= 15 is 0 Å². The van der Waals surface area contributed by atoms with Gasteiger partial charge in [-0.2, -0.15) is 0 Å². The average molecular weight is 316 g/mol. The summed E-state index contributed by atoms with van der Waals surface area (Å²) in [4.78, 5) is 12.1. The number of carboxylic acids is 1. The lowest BCUT2D eigenvalue weighted by Crippen LogP contribution is -2.59. The van der Waals surface area contributed by atoms with Crippen molar-refractivity contribution in [3.63, 3.8) is 0 Å². The molecule has 3 saturated carbocycles. The number of hydrogen-bond acceptors (Lipinski definition) is 2. The molecule has 0 aromatic heterocycles. The molecule has 6 unspecified atom stereocenters. The Morgan fingerprint density at radius 2 is 2.04 bits per heavy atom. The number of hydrogen-bond donors (Lipinski definition) is 2. The van der Waals surface area contributed by atoms with Crippen LogP contribution in [0.5, 0.6) is 0 Å². The van der Waals surface area contributed by atoms with Crippen molar-refractivity contribution in [2.75, 3.05) is 0 Å². The molecule has 0 aromatic carbocycles. The Hall–Kier alpha value is -1.09. The van der Waals surface area contributed by atoms with Crippen LogP contribution in [0.15, 0.2) is 23.8 Å². The van der Waals surface area contributed by atoms with Crippen LogP contribution < -0.4 is 0 Å². The number of allylic oxidation sites excluding steroid dienone is 3. The second-order valence-corrected chi connectivity index (χ2v) is 9.02. The number of aliphatic hydroxyl groups excluding tert-OH is 1. The summed E-state index contributed by atoms with van der Waals surface area (Å²) in [6.07, 6.45) is 8.55. The number of carboxylic acid groups (broad SMARTS) is 1. The predicted molar refractivity (Wildman–Crippen MR) is 88.8 cm³/mol. The van der Waals surface area contributed by atoms with E-state index in [9.17, 15) is 15.0 Å². The summed E-state index contributed by atoms with van der Waals surface area (Å²) in [5, 5.41) is 20.4. The molecular formula is C20H28O3. The quantitative estimate of drug-likeness (QED) is 0.721. The lowest BCUT2D eigenvalue weighted by Gasteiger charge is -2.61. The number of rotatable bonds is 1. The second-order valence-electron chi connectivity index (χ2n) is 9.02. The molecule has 3 fully saturated rings. The van der Waals surface area contributed by atoms with Crippen LogP contribution in [0.25, 0.3) is 0 Å². The van der Waals surface area contributed by atoms with E-state index in [0.29, 0.717) is 12.3 Å². The third kappa shape index (κ3) is 1.72. The Labute approximate surface area is 138 Å². The Balaban J connectivity index is 1.81. The Bertz CT molecular complexity index is 620. The molecule has 4 aliphatic rings. The maximum Gasteiger partial charge on any atom is 0.312 e. The molecule has 3 nitrogen and oxygen atoms in total. The number of fused-ring (bicyclic) bond motifs is 3. The molecule has 3 heteroatoms. The monoisotopic (exact) mass is 316 g/mol. The second kappa shape index (κ2) is 4.50. The minimum absolute atomic E-state index is 0.0264. The van der Waals surface area contributed by atoms with Crippen LogP contribution in [0.1, 0.15) is 58.8 Å². The van der Waals surface area contributed by atoms with E-state index in [-0.39, 0.29) is 16.7 Å². The van der Waals surface area contributed by atoms with Crippen molar-refractivity contribution in [1.82, 2.24) is 0 Å². The van der Waals surface area contributed by atoms with E-state index in [1.807, 2.05) is 0 Å². The van der Waals surface area contributed by atoms with Crippen molar-refractivity contribution in [2.45, 2.75) is 64.9 Å². The number of aliphatic hydroxyl groups is 1. The van der Waals surface area contributed by atoms with Crippen molar-refractivity contribution < 1.29 is 15.0 Å². The predicted octanol–water partition coefficient (Wildman–Crippen LogP) is 3.93. The maximum absolute atomic E-state index is 12.1. The summed E-state index contributed by atoms with van der Waals surface area (Å²) in [5.74, 6) is -0.167. The highest BCUT2D eigenvalue weighted by atomic mass is 16.4. The van der Waals surface area contributed by atoms with Crippen molar-refractivity contribution in [3.8, 4) is 0 Å². The number of carbonyl (C=O) groups is 1. The van der Waals surface area contributed by atoms with Gasteiger partial charge in [-0.15, -0.1) is 0 Å². The van der Waals surface area contributed by atoms with Crippen LogP contribution in [0, 0.1) is 28.1 Å². The van der Waals surface area contributed by atoms with Gasteiger partial charge in [0, 0.05) is 0 Å². The molecule has 0 amide bonds. The topological polar surface area (TPSA) is 57.5 Å². The standard InChI is InChI=1S/C20H28O3/c1-12-10-20-9-6-14-18(2,15(20)5-4-13(12)11-20)8-7-16(21)19(14,3)17(22)23/h5,13-14,16,21H,1,4,6-11H2,2-3H3,(H,22,23). The fourth-order valence-corrected chi connectivity index (χ4v) is 6.82. The maximum atomic E-state index is 12.1. The van der Waals surface area contributed by atoms with Crippen molar-refractivity contribution in [2.24, 2.45) is 28.1 Å². The van der Waals surface area contributed by atoms with Crippen molar-refractivity contribution >= 4 is 5.97 Å². The van der Waals surface area contributed by atoms with E-state index < -0.39 is 17.5 Å². The van der Waals surface area contributed by atoms with E-state index in [2.05, 4.69) is 19.6 Å². The van der Waals surface area contributed by atoms with Gasteiger partial charge in [0.25, 0.3) is 0 Å². The van der Waals surface area contributed by atoms with E-state index in [1.165, 1.54) is 17.6 Å². The van der Waals surface area contributed by atoms with Gasteiger partial charge in [0.15, 0.2) is 0 Å². The molecule has 2 bridgehead atoms. The first-order valence-corrected chi connectivity index (χ1v) is 9.04. The zero-order chi connectivity index (χ0) is 16.6. The lowest BCUT2D eigenvalue weighted by molar-refractivity contribution is -0.178. The van der Waals surface area contributed by atoms with Gasteiger partial charge in [-0.3, -0.25) is 4.79 Å². The van der Waals surface area contributed by atoms with E-state index in [4.69, 9.17) is 0 Å². The summed E-state index contributed by atoms with van der Waals surface area (Å²) < 4.78 is 0. The number of aliphatic carboxylic acids is 1. The lowest BCUT2D eigenvalue weighted by atomic mass is 9.43. The smallest absolute Gasteiger partial charge is 0.312 e. The normalized spacial score (nSPS) is 51.7. The highest BCUT2D eigenvalue weighted by Crippen LogP contribution is 2.70. The first-order chi connectivity index (χ1) is 10.7. The summed E-state index contributed by atoms with van der Waals surface area (Å²) in [7, 11) is 0. The minimum Gasteiger partial charge on any atom is -0.481 e. The fourth-order valence-electron chi connectivity index (χ4n) is 6.82.